The number of nitrogens with one attached hydrogen (secondary N) is 2. The predicted octanol–water partition coefficient (Wildman–Crippen LogP) is 2.98. The molecule has 1 aromatic rings. The lowest BCUT2D eigenvalue weighted by Gasteiger charge is -2.13. The van der Waals surface area contributed by atoms with Gasteiger partial charge in [0.1, 0.15) is 0 Å². The second-order valence-corrected chi connectivity index (χ2v) is 5.30. The van der Waals surface area contributed by atoms with Gasteiger partial charge < -0.3 is 15.7 Å². The lowest BCUT2D eigenvalue weighted by molar-refractivity contribution is -0.143. The Kier molecular flexibility index (Phi) is 3.87. The van der Waals surface area contributed by atoms with Crippen LogP contribution in [-0.2, 0) is 4.79 Å². The first kappa shape index (κ1) is 14.0. The monoisotopic (exact) mass is 302 g/mol. The predicted molar refractivity (Wildman–Crippen MR) is 72.8 cm³/mol. The zero-order valence-corrected chi connectivity index (χ0v) is 11.4. The van der Waals surface area contributed by atoms with Crippen LogP contribution in [0, 0.1) is 5.41 Å². The fraction of sp³-hybridized carbons (Fsp3) is 0.333. The number of para-hydroxylation sites is 1. The average molecular weight is 303 g/mol. The van der Waals surface area contributed by atoms with Crippen LogP contribution in [0.1, 0.15) is 12.8 Å². The molecule has 0 radical (unpaired) electrons. The van der Waals surface area contributed by atoms with Crippen molar-refractivity contribution >= 4 is 40.9 Å². The Morgan fingerprint density at radius 1 is 1.26 bits per heavy atom. The number of halogens is 2. The minimum atomic E-state index is -0.886. The fourth-order valence-electron chi connectivity index (χ4n) is 1.64. The molecule has 0 bridgehead atoms. The summed E-state index contributed by atoms with van der Waals surface area (Å²) in [5.41, 5.74) is -0.495. The van der Waals surface area contributed by atoms with Crippen molar-refractivity contribution in [2.24, 2.45) is 5.41 Å². The summed E-state index contributed by atoms with van der Waals surface area (Å²) in [5.74, 6) is -0.886. The molecule has 0 saturated heterocycles. The number of anilines is 1. The molecule has 0 aromatic heterocycles. The van der Waals surface area contributed by atoms with E-state index in [1.807, 2.05) is 0 Å². The number of rotatable bonds is 4. The van der Waals surface area contributed by atoms with Gasteiger partial charge in [0.15, 0.2) is 0 Å². The molecular formula is C12H12Cl2N2O3. The Bertz CT molecular complexity index is 509. The summed E-state index contributed by atoms with van der Waals surface area (Å²) in [6.07, 6.45) is 1.16. The van der Waals surface area contributed by atoms with Crippen LogP contribution >= 0.6 is 23.2 Å². The Hall–Kier alpha value is -1.46. The summed E-state index contributed by atoms with van der Waals surface area (Å²) >= 11 is 11.8. The van der Waals surface area contributed by atoms with Crippen LogP contribution in [0.5, 0.6) is 0 Å². The molecule has 1 aliphatic carbocycles. The van der Waals surface area contributed by atoms with Crippen molar-refractivity contribution in [1.82, 2.24) is 5.32 Å². The van der Waals surface area contributed by atoms with E-state index in [0.717, 1.165) is 0 Å². The quantitative estimate of drug-likeness (QED) is 0.800. The van der Waals surface area contributed by atoms with Gasteiger partial charge in [0.05, 0.1) is 21.1 Å². The number of hydrogen-bond acceptors (Lipinski definition) is 2. The number of hydrogen-bond donors (Lipinski definition) is 3. The number of aliphatic carboxylic acids is 1. The molecule has 7 heteroatoms. The standard InChI is InChI=1S/C12H12Cl2N2O3/c13-7-2-1-3-8(14)9(7)16-11(19)15-6-12(4-5-12)10(17)18/h1-3H,4-6H2,(H,17,18)(H2,15,16,19). The highest BCUT2D eigenvalue weighted by atomic mass is 35.5. The van der Waals surface area contributed by atoms with Crippen molar-refractivity contribution in [3.8, 4) is 0 Å². The molecule has 0 atom stereocenters. The molecule has 2 amide bonds. The fourth-order valence-corrected chi connectivity index (χ4v) is 2.13. The van der Waals surface area contributed by atoms with E-state index in [2.05, 4.69) is 10.6 Å². The molecule has 1 saturated carbocycles. The smallest absolute Gasteiger partial charge is 0.319 e. The molecule has 1 aliphatic rings. The molecular weight excluding hydrogens is 291 g/mol. The molecule has 2 rings (SSSR count). The van der Waals surface area contributed by atoms with E-state index in [0.29, 0.717) is 28.6 Å². The lowest BCUT2D eigenvalue weighted by atomic mass is 10.1. The van der Waals surface area contributed by atoms with Crippen LogP contribution in [0.15, 0.2) is 18.2 Å². The van der Waals surface area contributed by atoms with E-state index < -0.39 is 17.4 Å². The van der Waals surface area contributed by atoms with Crippen molar-refractivity contribution in [1.29, 1.82) is 0 Å². The van der Waals surface area contributed by atoms with Crippen LogP contribution in [0.2, 0.25) is 10.0 Å². The SMILES string of the molecule is O=C(NCC1(C(=O)O)CC1)Nc1c(Cl)cccc1Cl. The summed E-state index contributed by atoms with van der Waals surface area (Å²) in [6, 6.07) is 4.34. The molecule has 0 unspecified atom stereocenters. The first-order valence-electron chi connectivity index (χ1n) is 5.67. The van der Waals surface area contributed by atoms with E-state index in [9.17, 15) is 9.59 Å². The van der Waals surface area contributed by atoms with Gasteiger partial charge in [0, 0.05) is 6.54 Å². The third kappa shape index (κ3) is 3.11. The van der Waals surface area contributed by atoms with E-state index >= 15 is 0 Å². The van der Waals surface area contributed by atoms with Gasteiger partial charge in [-0.25, -0.2) is 4.79 Å². The Labute approximate surface area is 119 Å². The van der Waals surface area contributed by atoms with Crippen molar-refractivity contribution in [3.63, 3.8) is 0 Å². The summed E-state index contributed by atoms with van der Waals surface area (Å²) in [7, 11) is 0. The van der Waals surface area contributed by atoms with E-state index in [4.69, 9.17) is 28.3 Å². The van der Waals surface area contributed by atoms with Gasteiger partial charge in [-0.1, -0.05) is 29.3 Å². The van der Waals surface area contributed by atoms with Crippen LogP contribution in [0.25, 0.3) is 0 Å². The molecule has 1 aromatic carbocycles. The normalized spacial score (nSPS) is 15.7. The first-order chi connectivity index (χ1) is 8.94. The minimum absolute atomic E-state index is 0.0935. The highest BCUT2D eigenvalue weighted by Gasteiger charge is 2.50. The van der Waals surface area contributed by atoms with Gasteiger partial charge in [-0.15, -0.1) is 0 Å². The second kappa shape index (κ2) is 5.27. The van der Waals surface area contributed by atoms with E-state index in [1.54, 1.807) is 18.2 Å². The van der Waals surface area contributed by atoms with Crippen LogP contribution in [0.3, 0.4) is 0 Å². The summed E-state index contributed by atoms with van der Waals surface area (Å²) < 4.78 is 0. The molecule has 102 valence electrons. The first-order valence-corrected chi connectivity index (χ1v) is 6.42. The molecule has 3 N–H and O–H groups in total. The maximum Gasteiger partial charge on any atom is 0.319 e. The number of amides is 2. The maximum atomic E-state index is 11.7. The van der Waals surface area contributed by atoms with Gasteiger partial charge in [-0.2, -0.15) is 0 Å². The largest absolute Gasteiger partial charge is 0.481 e. The van der Waals surface area contributed by atoms with Gasteiger partial charge in [-0.05, 0) is 25.0 Å². The third-order valence-electron chi connectivity index (χ3n) is 3.10. The van der Waals surface area contributed by atoms with Gasteiger partial charge in [0.25, 0.3) is 0 Å². The van der Waals surface area contributed by atoms with Crippen LogP contribution < -0.4 is 10.6 Å². The molecule has 0 heterocycles. The molecule has 0 spiro atoms. The van der Waals surface area contributed by atoms with Crippen molar-refractivity contribution in [3.05, 3.63) is 28.2 Å². The Morgan fingerprint density at radius 2 is 1.84 bits per heavy atom. The Morgan fingerprint density at radius 3 is 2.32 bits per heavy atom. The maximum absolute atomic E-state index is 11.7. The summed E-state index contributed by atoms with van der Waals surface area (Å²) in [4.78, 5) is 22.6. The summed E-state index contributed by atoms with van der Waals surface area (Å²) in [5, 5.41) is 14.7. The molecule has 0 aliphatic heterocycles. The minimum Gasteiger partial charge on any atom is -0.481 e. The van der Waals surface area contributed by atoms with E-state index in [1.165, 1.54) is 0 Å². The number of carbonyl (C=O) groups excluding carboxylic acids is 1. The number of urea groups is 1. The Balaban J connectivity index is 1.93. The number of benzene rings is 1. The zero-order valence-electron chi connectivity index (χ0n) is 9.87. The zero-order chi connectivity index (χ0) is 14.0. The third-order valence-corrected chi connectivity index (χ3v) is 3.73. The summed E-state index contributed by atoms with van der Waals surface area (Å²) in [6.45, 7) is 0.0935. The van der Waals surface area contributed by atoms with E-state index in [-0.39, 0.29) is 6.54 Å². The van der Waals surface area contributed by atoms with Crippen molar-refractivity contribution < 1.29 is 14.7 Å². The number of carbonyl (C=O) groups is 2. The van der Waals surface area contributed by atoms with Crippen molar-refractivity contribution in [2.75, 3.05) is 11.9 Å². The van der Waals surface area contributed by atoms with Crippen molar-refractivity contribution in [2.45, 2.75) is 12.8 Å². The lowest BCUT2D eigenvalue weighted by Crippen LogP contribution is -2.36. The average Bonchev–Trinajstić information content (AvgIpc) is 3.13. The van der Waals surface area contributed by atoms with Gasteiger partial charge in [0.2, 0.25) is 0 Å². The van der Waals surface area contributed by atoms with Gasteiger partial charge >= 0.3 is 12.0 Å². The number of carboxylic acids is 1. The topological polar surface area (TPSA) is 78.4 Å². The highest BCUT2D eigenvalue weighted by Crippen LogP contribution is 2.45. The van der Waals surface area contributed by atoms with Crippen LogP contribution in [-0.4, -0.2) is 23.7 Å². The second-order valence-electron chi connectivity index (χ2n) is 4.49. The molecule has 19 heavy (non-hydrogen) atoms. The molecule has 5 nitrogen and oxygen atoms in total. The van der Waals surface area contributed by atoms with Gasteiger partial charge in [-0.3, -0.25) is 4.79 Å². The van der Waals surface area contributed by atoms with Crippen LogP contribution in [0.4, 0.5) is 10.5 Å². The highest BCUT2D eigenvalue weighted by molar-refractivity contribution is 6.39. The molecule has 1 fully saturated rings. The number of carboxylic acid groups (broad SMARTS) is 1.